The van der Waals surface area contributed by atoms with E-state index in [2.05, 4.69) is 5.32 Å². The summed E-state index contributed by atoms with van der Waals surface area (Å²) in [7, 11) is -3.72. The minimum Gasteiger partial charge on any atom is -0.324 e. The Hall–Kier alpha value is -2.58. The number of carbonyl (C=O) groups is 2. The molecule has 0 aliphatic carbocycles. The molecular weight excluding hydrogens is 426 g/mol. The standard InChI is InChI=1S/C21H24ClN3O4S/c1-3-19(25(30(2,28)29)18-10-6-15(22)7-11-18)21(27)23-16-8-12-17(13-9-16)24-14-4-5-20(24)26/h6-13,19H,3-5,14H2,1-2H3,(H,23,27)/t19-/m0/s1. The molecule has 1 fully saturated rings. The van der Waals surface area contributed by atoms with E-state index < -0.39 is 22.0 Å². The fourth-order valence-corrected chi connectivity index (χ4v) is 4.86. The first-order chi connectivity index (χ1) is 14.2. The quantitative estimate of drug-likeness (QED) is 0.698. The van der Waals surface area contributed by atoms with Crippen LogP contribution in [0, 0.1) is 0 Å². The summed E-state index contributed by atoms with van der Waals surface area (Å²) in [5, 5.41) is 3.25. The average molecular weight is 450 g/mol. The lowest BCUT2D eigenvalue weighted by Gasteiger charge is -2.30. The maximum Gasteiger partial charge on any atom is 0.248 e. The second-order valence-electron chi connectivity index (χ2n) is 7.14. The van der Waals surface area contributed by atoms with Crippen molar-refractivity contribution >= 4 is 50.5 Å². The molecule has 1 N–H and O–H groups in total. The van der Waals surface area contributed by atoms with Crippen molar-refractivity contribution in [3.63, 3.8) is 0 Å². The van der Waals surface area contributed by atoms with Crippen molar-refractivity contribution < 1.29 is 18.0 Å². The molecule has 1 aliphatic heterocycles. The summed E-state index contributed by atoms with van der Waals surface area (Å²) in [5.41, 5.74) is 1.67. The molecule has 0 spiro atoms. The number of hydrogen-bond donors (Lipinski definition) is 1. The number of carbonyl (C=O) groups excluding carboxylic acids is 2. The summed E-state index contributed by atoms with van der Waals surface area (Å²) in [5.74, 6) is -0.354. The Morgan fingerprint density at radius 1 is 1.17 bits per heavy atom. The van der Waals surface area contributed by atoms with E-state index in [9.17, 15) is 18.0 Å². The highest BCUT2D eigenvalue weighted by molar-refractivity contribution is 7.92. The third kappa shape index (κ3) is 4.94. The van der Waals surface area contributed by atoms with E-state index in [4.69, 9.17) is 11.6 Å². The van der Waals surface area contributed by atoms with Gasteiger partial charge in [-0.2, -0.15) is 0 Å². The van der Waals surface area contributed by atoms with Crippen molar-refractivity contribution in [3.8, 4) is 0 Å². The number of hydrogen-bond acceptors (Lipinski definition) is 4. The molecule has 0 bridgehead atoms. The zero-order valence-corrected chi connectivity index (χ0v) is 18.4. The Kier molecular flexibility index (Phi) is 6.67. The van der Waals surface area contributed by atoms with Gasteiger partial charge in [-0.25, -0.2) is 8.42 Å². The van der Waals surface area contributed by atoms with Gasteiger partial charge in [-0.1, -0.05) is 18.5 Å². The Bertz CT molecular complexity index is 1020. The topological polar surface area (TPSA) is 86.8 Å². The molecule has 2 aromatic rings. The summed E-state index contributed by atoms with van der Waals surface area (Å²) < 4.78 is 26.1. The van der Waals surface area contributed by atoms with Crippen molar-refractivity contribution in [3.05, 3.63) is 53.6 Å². The number of rotatable bonds is 7. The fraction of sp³-hybridized carbons (Fsp3) is 0.333. The summed E-state index contributed by atoms with van der Waals surface area (Å²) in [6, 6.07) is 12.3. The van der Waals surface area contributed by atoms with Gasteiger partial charge in [-0.3, -0.25) is 13.9 Å². The highest BCUT2D eigenvalue weighted by atomic mass is 35.5. The molecule has 0 aromatic heterocycles. The normalized spacial score (nSPS) is 15.2. The van der Waals surface area contributed by atoms with Crippen LogP contribution in [0.2, 0.25) is 5.02 Å². The van der Waals surface area contributed by atoms with E-state index in [1.54, 1.807) is 60.4 Å². The van der Waals surface area contributed by atoms with Crippen LogP contribution in [0.4, 0.5) is 17.1 Å². The number of sulfonamides is 1. The molecule has 7 nitrogen and oxygen atoms in total. The average Bonchev–Trinajstić information content (AvgIpc) is 3.12. The Labute approximate surface area is 181 Å². The predicted molar refractivity (Wildman–Crippen MR) is 120 cm³/mol. The molecule has 1 heterocycles. The molecule has 2 aromatic carbocycles. The third-order valence-corrected chi connectivity index (χ3v) is 6.36. The molecule has 160 valence electrons. The maximum atomic E-state index is 13.0. The van der Waals surface area contributed by atoms with Crippen molar-refractivity contribution in [1.82, 2.24) is 0 Å². The van der Waals surface area contributed by atoms with Gasteiger partial charge in [0.25, 0.3) is 0 Å². The molecular formula is C21H24ClN3O4S. The molecule has 1 atom stereocenters. The molecule has 0 unspecified atom stereocenters. The Balaban J connectivity index is 1.80. The van der Waals surface area contributed by atoms with E-state index in [1.807, 2.05) is 0 Å². The monoisotopic (exact) mass is 449 g/mol. The SMILES string of the molecule is CC[C@@H](C(=O)Nc1ccc(N2CCCC2=O)cc1)N(c1ccc(Cl)cc1)S(C)(=O)=O. The molecule has 2 amide bonds. The van der Waals surface area contributed by atoms with E-state index >= 15 is 0 Å². The minimum atomic E-state index is -3.72. The fourth-order valence-electron chi connectivity index (χ4n) is 3.52. The highest BCUT2D eigenvalue weighted by Crippen LogP contribution is 2.26. The molecule has 9 heteroatoms. The number of nitrogens with one attached hydrogen (secondary N) is 1. The second-order valence-corrected chi connectivity index (χ2v) is 9.44. The van der Waals surface area contributed by atoms with E-state index in [0.29, 0.717) is 29.4 Å². The van der Waals surface area contributed by atoms with Gasteiger partial charge < -0.3 is 10.2 Å². The second kappa shape index (κ2) is 9.06. The lowest BCUT2D eigenvalue weighted by atomic mass is 10.1. The minimum absolute atomic E-state index is 0.0876. The third-order valence-electron chi connectivity index (χ3n) is 4.93. The number of anilines is 3. The van der Waals surface area contributed by atoms with Crippen LogP contribution >= 0.6 is 11.6 Å². The summed E-state index contributed by atoms with van der Waals surface area (Å²) in [6.45, 7) is 2.44. The first kappa shape index (κ1) is 22.1. The van der Waals surface area contributed by atoms with Crippen LogP contribution in [0.1, 0.15) is 26.2 Å². The van der Waals surface area contributed by atoms with Crippen LogP contribution in [0.3, 0.4) is 0 Å². The first-order valence-corrected chi connectivity index (χ1v) is 11.9. The van der Waals surface area contributed by atoms with Crippen molar-refractivity contribution in [1.29, 1.82) is 0 Å². The predicted octanol–water partition coefficient (Wildman–Crippen LogP) is 3.65. The number of halogens is 1. The molecule has 1 aliphatic rings. The largest absolute Gasteiger partial charge is 0.324 e. The highest BCUT2D eigenvalue weighted by Gasteiger charge is 2.31. The Morgan fingerprint density at radius 2 is 1.80 bits per heavy atom. The van der Waals surface area contributed by atoms with Gasteiger partial charge in [0.05, 0.1) is 11.9 Å². The molecule has 0 radical (unpaired) electrons. The van der Waals surface area contributed by atoms with E-state index in [1.165, 1.54) is 0 Å². The molecule has 1 saturated heterocycles. The lowest BCUT2D eigenvalue weighted by Crippen LogP contribution is -2.47. The van der Waals surface area contributed by atoms with Gasteiger partial charge in [0, 0.05) is 29.4 Å². The van der Waals surface area contributed by atoms with Crippen LogP contribution in [0.15, 0.2) is 48.5 Å². The van der Waals surface area contributed by atoms with Gasteiger partial charge in [0.2, 0.25) is 21.8 Å². The van der Waals surface area contributed by atoms with Crippen molar-refractivity contribution in [2.75, 3.05) is 27.3 Å². The van der Waals surface area contributed by atoms with Crippen molar-refractivity contribution in [2.45, 2.75) is 32.2 Å². The number of nitrogens with zero attached hydrogens (tertiary/aromatic N) is 2. The molecule has 3 rings (SSSR count). The van der Waals surface area contributed by atoms with E-state index in [0.717, 1.165) is 22.7 Å². The van der Waals surface area contributed by atoms with Crippen LogP contribution < -0.4 is 14.5 Å². The van der Waals surface area contributed by atoms with E-state index in [-0.39, 0.29) is 12.3 Å². The van der Waals surface area contributed by atoms with Gasteiger partial charge in [-0.05, 0) is 61.4 Å². The van der Waals surface area contributed by atoms with Crippen LogP contribution in [0.25, 0.3) is 0 Å². The van der Waals surface area contributed by atoms with Crippen LogP contribution in [-0.4, -0.2) is 39.1 Å². The number of benzene rings is 2. The van der Waals surface area contributed by atoms with Crippen molar-refractivity contribution in [2.24, 2.45) is 0 Å². The lowest BCUT2D eigenvalue weighted by molar-refractivity contribution is -0.118. The van der Waals surface area contributed by atoms with Gasteiger partial charge in [-0.15, -0.1) is 0 Å². The first-order valence-electron chi connectivity index (χ1n) is 9.67. The zero-order chi connectivity index (χ0) is 21.9. The molecule has 0 saturated carbocycles. The van der Waals surface area contributed by atoms with Gasteiger partial charge in [0.15, 0.2) is 0 Å². The Morgan fingerprint density at radius 3 is 2.30 bits per heavy atom. The summed E-state index contributed by atoms with van der Waals surface area (Å²) in [4.78, 5) is 26.5. The zero-order valence-electron chi connectivity index (χ0n) is 16.8. The maximum absolute atomic E-state index is 13.0. The number of amides is 2. The van der Waals surface area contributed by atoms with Gasteiger partial charge >= 0.3 is 0 Å². The van der Waals surface area contributed by atoms with Gasteiger partial charge in [0.1, 0.15) is 6.04 Å². The smallest absolute Gasteiger partial charge is 0.248 e. The van der Waals surface area contributed by atoms with Crippen LogP contribution in [-0.2, 0) is 19.6 Å². The van der Waals surface area contributed by atoms with Crippen LogP contribution in [0.5, 0.6) is 0 Å². The summed E-state index contributed by atoms with van der Waals surface area (Å²) >= 11 is 5.91. The molecule has 30 heavy (non-hydrogen) atoms. The summed E-state index contributed by atoms with van der Waals surface area (Å²) in [6.07, 6.45) is 2.73.